The summed E-state index contributed by atoms with van der Waals surface area (Å²) in [5.41, 5.74) is 4.40. The summed E-state index contributed by atoms with van der Waals surface area (Å²) in [5.74, 6) is 0. The summed E-state index contributed by atoms with van der Waals surface area (Å²) < 4.78 is 0. The number of benzene rings is 1. The van der Waals surface area contributed by atoms with E-state index in [2.05, 4.69) is 75.6 Å². The van der Waals surface area contributed by atoms with Gasteiger partial charge in [-0.1, -0.05) is 56.2 Å². The number of rotatable bonds is 7. The highest BCUT2D eigenvalue weighted by atomic mass is 15.2. The van der Waals surface area contributed by atoms with E-state index in [1.165, 1.54) is 42.5 Å². The molecule has 0 radical (unpaired) electrons. The smallest absolute Gasteiger partial charge is 0.0565 e. The Balaban J connectivity index is 2.09. The van der Waals surface area contributed by atoms with Crippen LogP contribution in [0.3, 0.4) is 0 Å². The Bertz CT molecular complexity index is 539. The van der Waals surface area contributed by atoms with E-state index in [4.69, 9.17) is 0 Å². The van der Waals surface area contributed by atoms with Crippen LogP contribution in [0.2, 0.25) is 0 Å². The maximum Gasteiger partial charge on any atom is 0.0565 e. The second kappa shape index (κ2) is 7.17. The van der Waals surface area contributed by atoms with Crippen molar-refractivity contribution in [3.8, 4) is 0 Å². The molecule has 2 rings (SSSR count). The Labute approximate surface area is 136 Å². The van der Waals surface area contributed by atoms with Gasteiger partial charge in [0.15, 0.2) is 0 Å². The van der Waals surface area contributed by atoms with Gasteiger partial charge in [-0.25, -0.2) is 0 Å². The Morgan fingerprint density at radius 3 is 2.64 bits per heavy atom. The quantitative estimate of drug-likeness (QED) is 0.449. The van der Waals surface area contributed by atoms with E-state index in [0.29, 0.717) is 6.04 Å². The van der Waals surface area contributed by atoms with E-state index < -0.39 is 0 Å². The SMILES string of the molecule is C=C(C)CCCCCN1c2ccccc2C(C)(C)C1/C=C/C. The second-order valence-corrected chi connectivity index (χ2v) is 7.17. The Morgan fingerprint density at radius 1 is 1.23 bits per heavy atom. The van der Waals surface area contributed by atoms with Crippen LogP contribution in [0.15, 0.2) is 48.6 Å². The third-order valence-corrected chi connectivity index (χ3v) is 4.86. The van der Waals surface area contributed by atoms with Gasteiger partial charge < -0.3 is 4.90 Å². The van der Waals surface area contributed by atoms with E-state index in [1.54, 1.807) is 0 Å². The monoisotopic (exact) mass is 297 g/mol. The minimum absolute atomic E-state index is 0.181. The molecular weight excluding hydrogens is 266 g/mol. The van der Waals surface area contributed by atoms with Crippen molar-refractivity contribution in [2.75, 3.05) is 11.4 Å². The lowest BCUT2D eigenvalue weighted by Crippen LogP contribution is -2.40. The molecular formula is C21H31N. The van der Waals surface area contributed by atoms with Gasteiger partial charge in [-0.3, -0.25) is 0 Å². The van der Waals surface area contributed by atoms with E-state index in [1.807, 2.05) is 0 Å². The average Bonchev–Trinajstić information content (AvgIpc) is 2.68. The van der Waals surface area contributed by atoms with Crippen LogP contribution in [0.25, 0.3) is 0 Å². The predicted octanol–water partition coefficient (Wildman–Crippen LogP) is 5.87. The third kappa shape index (κ3) is 3.45. The fourth-order valence-corrected chi connectivity index (χ4v) is 3.64. The predicted molar refractivity (Wildman–Crippen MR) is 98.7 cm³/mol. The summed E-state index contributed by atoms with van der Waals surface area (Å²) in [6.45, 7) is 14.1. The van der Waals surface area contributed by atoms with Crippen LogP contribution in [0.1, 0.15) is 58.9 Å². The number of anilines is 1. The highest BCUT2D eigenvalue weighted by Gasteiger charge is 2.42. The summed E-state index contributed by atoms with van der Waals surface area (Å²) >= 11 is 0. The van der Waals surface area contributed by atoms with Gasteiger partial charge >= 0.3 is 0 Å². The molecule has 0 aliphatic carbocycles. The Kier molecular flexibility index (Phi) is 5.50. The standard InChI is InChI=1S/C21H31N/c1-6-12-20-21(4,5)18-14-9-10-15-19(18)22(20)16-11-7-8-13-17(2)3/h6,9-10,12,14-15,20H,2,7-8,11,13,16H2,1,3-5H3/b12-6+. The van der Waals surface area contributed by atoms with Crippen LogP contribution >= 0.6 is 0 Å². The summed E-state index contributed by atoms with van der Waals surface area (Å²) in [4.78, 5) is 2.61. The number of unbranched alkanes of at least 4 members (excludes halogenated alkanes) is 2. The van der Waals surface area contributed by atoms with Crippen molar-refractivity contribution in [1.82, 2.24) is 0 Å². The van der Waals surface area contributed by atoms with Crippen molar-refractivity contribution in [2.45, 2.75) is 64.8 Å². The van der Waals surface area contributed by atoms with Crippen molar-refractivity contribution < 1.29 is 0 Å². The van der Waals surface area contributed by atoms with Gasteiger partial charge in [0.1, 0.15) is 0 Å². The lowest BCUT2D eigenvalue weighted by molar-refractivity contribution is 0.469. The molecule has 1 aliphatic rings. The van der Waals surface area contributed by atoms with E-state index in [9.17, 15) is 0 Å². The van der Waals surface area contributed by atoms with Crippen molar-refractivity contribution in [1.29, 1.82) is 0 Å². The summed E-state index contributed by atoms with van der Waals surface area (Å²) in [7, 11) is 0. The molecule has 22 heavy (non-hydrogen) atoms. The van der Waals surface area contributed by atoms with Gasteiger partial charge in [0, 0.05) is 17.6 Å². The minimum Gasteiger partial charge on any atom is -0.364 e. The lowest BCUT2D eigenvalue weighted by Gasteiger charge is -2.32. The van der Waals surface area contributed by atoms with Crippen LogP contribution in [0, 0.1) is 0 Å². The average molecular weight is 297 g/mol. The van der Waals surface area contributed by atoms with Gasteiger partial charge in [-0.2, -0.15) is 0 Å². The first-order chi connectivity index (χ1) is 10.5. The first kappa shape index (κ1) is 16.9. The van der Waals surface area contributed by atoms with E-state index in [0.717, 1.165) is 6.54 Å². The molecule has 0 fully saturated rings. The molecule has 1 aromatic rings. The molecule has 0 saturated carbocycles. The molecule has 120 valence electrons. The highest BCUT2D eigenvalue weighted by molar-refractivity contribution is 5.65. The van der Waals surface area contributed by atoms with Gasteiger partial charge in [-0.15, -0.1) is 6.58 Å². The largest absolute Gasteiger partial charge is 0.364 e. The number of para-hydroxylation sites is 1. The van der Waals surface area contributed by atoms with E-state index in [-0.39, 0.29) is 5.41 Å². The van der Waals surface area contributed by atoms with Crippen LogP contribution in [-0.4, -0.2) is 12.6 Å². The first-order valence-electron chi connectivity index (χ1n) is 8.62. The Hall–Kier alpha value is -1.50. The molecule has 0 amide bonds. The Morgan fingerprint density at radius 2 is 1.95 bits per heavy atom. The summed E-state index contributed by atoms with van der Waals surface area (Å²) in [6.07, 6.45) is 9.55. The molecule has 1 aromatic carbocycles. The molecule has 0 N–H and O–H groups in total. The fourth-order valence-electron chi connectivity index (χ4n) is 3.64. The minimum atomic E-state index is 0.181. The summed E-state index contributed by atoms with van der Waals surface area (Å²) in [5, 5.41) is 0. The normalized spacial score (nSPS) is 19.6. The van der Waals surface area contributed by atoms with Crippen LogP contribution in [0.4, 0.5) is 5.69 Å². The zero-order valence-corrected chi connectivity index (χ0v) is 14.7. The fraction of sp³-hybridized carbons (Fsp3) is 0.524. The number of hydrogen-bond acceptors (Lipinski definition) is 1. The first-order valence-corrected chi connectivity index (χ1v) is 8.62. The van der Waals surface area contributed by atoms with Crippen molar-refractivity contribution in [3.63, 3.8) is 0 Å². The lowest BCUT2D eigenvalue weighted by atomic mass is 9.80. The maximum absolute atomic E-state index is 4.00. The van der Waals surface area contributed by atoms with Crippen molar-refractivity contribution >= 4 is 5.69 Å². The maximum atomic E-state index is 4.00. The number of nitrogens with zero attached hydrogens (tertiary/aromatic N) is 1. The van der Waals surface area contributed by atoms with Gasteiger partial charge in [0.25, 0.3) is 0 Å². The van der Waals surface area contributed by atoms with Gasteiger partial charge in [0.2, 0.25) is 0 Å². The highest BCUT2D eigenvalue weighted by Crippen LogP contribution is 2.45. The molecule has 1 heteroatoms. The molecule has 1 atom stereocenters. The van der Waals surface area contributed by atoms with Crippen molar-refractivity contribution in [3.05, 3.63) is 54.1 Å². The van der Waals surface area contributed by atoms with E-state index >= 15 is 0 Å². The zero-order valence-electron chi connectivity index (χ0n) is 14.7. The number of allylic oxidation sites excluding steroid dienone is 2. The van der Waals surface area contributed by atoms with Crippen molar-refractivity contribution in [2.24, 2.45) is 0 Å². The molecule has 1 heterocycles. The zero-order chi connectivity index (χ0) is 16.2. The number of fused-ring (bicyclic) bond motifs is 1. The molecule has 0 bridgehead atoms. The molecule has 0 saturated heterocycles. The van der Waals surface area contributed by atoms with Crippen LogP contribution in [0.5, 0.6) is 0 Å². The van der Waals surface area contributed by atoms with Gasteiger partial charge in [0.05, 0.1) is 6.04 Å². The van der Waals surface area contributed by atoms with Crippen LogP contribution < -0.4 is 4.90 Å². The molecule has 1 nitrogen and oxygen atoms in total. The van der Waals surface area contributed by atoms with Crippen LogP contribution in [-0.2, 0) is 5.41 Å². The second-order valence-electron chi connectivity index (χ2n) is 7.17. The topological polar surface area (TPSA) is 3.24 Å². The molecule has 1 aliphatic heterocycles. The molecule has 0 spiro atoms. The number of hydrogen-bond donors (Lipinski definition) is 0. The molecule has 0 aromatic heterocycles. The molecule has 1 unspecified atom stereocenters. The summed E-state index contributed by atoms with van der Waals surface area (Å²) in [6, 6.07) is 9.39. The van der Waals surface area contributed by atoms with Gasteiger partial charge in [-0.05, 0) is 44.7 Å². The third-order valence-electron chi connectivity index (χ3n) is 4.86.